The summed E-state index contributed by atoms with van der Waals surface area (Å²) < 4.78 is 0. The number of hydrogen-bond acceptors (Lipinski definition) is 4. The van der Waals surface area contributed by atoms with Crippen LogP contribution in [0.5, 0.6) is 0 Å². The summed E-state index contributed by atoms with van der Waals surface area (Å²) in [7, 11) is 0. The fourth-order valence-electron chi connectivity index (χ4n) is 1.63. The van der Waals surface area contributed by atoms with E-state index >= 15 is 0 Å². The van der Waals surface area contributed by atoms with Crippen molar-refractivity contribution < 1.29 is 19.5 Å². The molecule has 0 spiro atoms. The number of nitrogens with one attached hydrogen (secondary N) is 1. The second kappa shape index (κ2) is 6.27. The van der Waals surface area contributed by atoms with E-state index in [4.69, 9.17) is 5.11 Å². The van der Waals surface area contributed by atoms with Crippen molar-refractivity contribution in [2.75, 3.05) is 24.6 Å². The highest BCUT2D eigenvalue weighted by molar-refractivity contribution is 7.99. The predicted octanol–water partition coefficient (Wildman–Crippen LogP) is 0.177. The molecule has 0 aromatic rings. The van der Waals surface area contributed by atoms with Gasteiger partial charge in [0.15, 0.2) is 0 Å². The van der Waals surface area contributed by atoms with Gasteiger partial charge in [0.25, 0.3) is 0 Å². The van der Waals surface area contributed by atoms with Gasteiger partial charge in [-0.05, 0) is 0 Å². The standard InChI is InChI=1S/C12H20N2O4S/c1-12(2,3)11(18)13-6-9(15)14-4-5-19-7-8(14)10(16)17/h8H,4-7H2,1-3H3,(H,13,18)(H,16,17). The molecular weight excluding hydrogens is 268 g/mol. The topological polar surface area (TPSA) is 86.7 Å². The molecule has 0 bridgehead atoms. The summed E-state index contributed by atoms with van der Waals surface area (Å²) in [5.41, 5.74) is -0.565. The zero-order valence-electron chi connectivity index (χ0n) is 11.4. The van der Waals surface area contributed by atoms with Crippen molar-refractivity contribution in [3.05, 3.63) is 0 Å². The van der Waals surface area contributed by atoms with Gasteiger partial charge < -0.3 is 15.3 Å². The molecule has 1 saturated heterocycles. The van der Waals surface area contributed by atoms with Gasteiger partial charge in [0.1, 0.15) is 6.04 Å². The number of thioether (sulfide) groups is 1. The van der Waals surface area contributed by atoms with E-state index in [1.165, 1.54) is 16.7 Å². The lowest BCUT2D eigenvalue weighted by atomic mass is 9.96. The van der Waals surface area contributed by atoms with Crippen molar-refractivity contribution in [3.8, 4) is 0 Å². The second-order valence-electron chi connectivity index (χ2n) is 5.45. The zero-order valence-corrected chi connectivity index (χ0v) is 12.2. The molecule has 1 aliphatic heterocycles. The maximum Gasteiger partial charge on any atom is 0.327 e. The lowest BCUT2D eigenvalue weighted by molar-refractivity contribution is -0.149. The van der Waals surface area contributed by atoms with Gasteiger partial charge in [-0.1, -0.05) is 20.8 Å². The number of carbonyl (C=O) groups excluding carboxylic acids is 2. The molecule has 2 amide bonds. The molecule has 0 aliphatic carbocycles. The Balaban J connectivity index is 2.57. The third kappa shape index (κ3) is 4.41. The Morgan fingerprint density at radius 1 is 1.37 bits per heavy atom. The van der Waals surface area contributed by atoms with Crippen molar-refractivity contribution in [3.63, 3.8) is 0 Å². The summed E-state index contributed by atoms with van der Waals surface area (Å²) in [6.45, 7) is 5.52. The Labute approximate surface area is 116 Å². The normalized spacial score (nSPS) is 19.9. The van der Waals surface area contributed by atoms with Crippen LogP contribution in [-0.2, 0) is 14.4 Å². The molecule has 0 aromatic heterocycles. The van der Waals surface area contributed by atoms with Crippen molar-refractivity contribution >= 4 is 29.5 Å². The minimum Gasteiger partial charge on any atom is -0.480 e. The summed E-state index contributed by atoms with van der Waals surface area (Å²) >= 11 is 1.52. The van der Waals surface area contributed by atoms with Crippen LogP contribution in [-0.4, -0.2) is 58.4 Å². The molecule has 1 heterocycles. The molecule has 2 N–H and O–H groups in total. The maximum absolute atomic E-state index is 12.0. The number of hydrogen-bond donors (Lipinski definition) is 2. The molecule has 1 unspecified atom stereocenters. The van der Waals surface area contributed by atoms with Gasteiger partial charge in [0.05, 0.1) is 6.54 Å². The summed E-state index contributed by atoms with van der Waals surface area (Å²) in [5, 5.41) is 11.6. The number of nitrogens with zero attached hydrogens (tertiary/aromatic N) is 1. The van der Waals surface area contributed by atoms with Crippen LogP contribution < -0.4 is 5.32 Å². The third-order valence-electron chi connectivity index (χ3n) is 2.82. The van der Waals surface area contributed by atoms with Crippen LogP contribution in [0, 0.1) is 5.41 Å². The Morgan fingerprint density at radius 3 is 2.53 bits per heavy atom. The summed E-state index contributed by atoms with van der Waals surface area (Å²) in [6.07, 6.45) is 0. The number of carboxylic acids is 1. The quantitative estimate of drug-likeness (QED) is 0.773. The van der Waals surface area contributed by atoms with Crippen molar-refractivity contribution in [2.45, 2.75) is 26.8 Å². The van der Waals surface area contributed by atoms with E-state index < -0.39 is 17.4 Å². The van der Waals surface area contributed by atoms with Crippen LogP contribution in [0.25, 0.3) is 0 Å². The molecular formula is C12H20N2O4S. The van der Waals surface area contributed by atoms with E-state index in [0.717, 1.165) is 5.75 Å². The van der Waals surface area contributed by atoms with Crippen LogP contribution in [0.3, 0.4) is 0 Å². The third-order valence-corrected chi connectivity index (χ3v) is 3.84. The van der Waals surface area contributed by atoms with Crippen LogP contribution in [0.1, 0.15) is 20.8 Å². The Bertz CT molecular complexity index is 378. The number of carbonyl (C=O) groups is 3. The Morgan fingerprint density at radius 2 is 2.00 bits per heavy atom. The Kier molecular flexibility index (Phi) is 5.22. The van der Waals surface area contributed by atoms with Gasteiger partial charge in [0.2, 0.25) is 11.8 Å². The molecule has 7 heteroatoms. The van der Waals surface area contributed by atoms with Gasteiger partial charge in [-0.2, -0.15) is 11.8 Å². The number of aliphatic carboxylic acids is 1. The Hall–Kier alpha value is -1.24. The molecule has 1 fully saturated rings. The van der Waals surface area contributed by atoms with Crippen molar-refractivity contribution in [1.29, 1.82) is 0 Å². The van der Waals surface area contributed by atoms with Crippen LogP contribution in [0.4, 0.5) is 0 Å². The van der Waals surface area contributed by atoms with Gasteiger partial charge >= 0.3 is 5.97 Å². The first kappa shape index (κ1) is 15.8. The van der Waals surface area contributed by atoms with E-state index in [1.54, 1.807) is 20.8 Å². The molecule has 0 radical (unpaired) electrons. The minimum atomic E-state index is -0.998. The number of carboxylic acid groups (broad SMARTS) is 1. The highest BCUT2D eigenvalue weighted by atomic mass is 32.2. The summed E-state index contributed by atoms with van der Waals surface area (Å²) in [5.74, 6) is -0.441. The zero-order chi connectivity index (χ0) is 14.6. The van der Waals surface area contributed by atoms with Crippen LogP contribution in [0.2, 0.25) is 0 Å². The monoisotopic (exact) mass is 288 g/mol. The van der Waals surface area contributed by atoms with E-state index in [1.807, 2.05) is 0 Å². The first-order chi connectivity index (χ1) is 8.73. The molecule has 1 aliphatic rings. The first-order valence-corrected chi connectivity index (χ1v) is 7.27. The van der Waals surface area contributed by atoms with E-state index in [-0.39, 0.29) is 18.4 Å². The molecule has 0 aromatic carbocycles. The fourth-order valence-corrected chi connectivity index (χ4v) is 2.67. The molecule has 1 rings (SSSR count). The highest BCUT2D eigenvalue weighted by Gasteiger charge is 2.32. The average Bonchev–Trinajstić information content (AvgIpc) is 2.34. The molecule has 0 saturated carbocycles. The van der Waals surface area contributed by atoms with Gasteiger partial charge in [0, 0.05) is 23.5 Å². The number of amides is 2. The molecule has 19 heavy (non-hydrogen) atoms. The average molecular weight is 288 g/mol. The second-order valence-corrected chi connectivity index (χ2v) is 6.60. The largest absolute Gasteiger partial charge is 0.480 e. The van der Waals surface area contributed by atoms with E-state index in [0.29, 0.717) is 12.3 Å². The molecule has 108 valence electrons. The SMILES string of the molecule is CC(C)(C)C(=O)NCC(=O)N1CCSCC1C(=O)O. The maximum atomic E-state index is 12.0. The summed E-state index contributed by atoms with van der Waals surface area (Å²) in [6, 6.07) is -0.794. The highest BCUT2D eigenvalue weighted by Crippen LogP contribution is 2.17. The molecule has 1 atom stereocenters. The fraction of sp³-hybridized carbons (Fsp3) is 0.750. The van der Waals surface area contributed by atoms with Gasteiger partial charge in [-0.15, -0.1) is 0 Å². The minimum absolute atomic E-state index is 0.148. The molecule has 6 nitrogen and oxygen atoms in total. The van der Waals surface area contributed by atoms with Crippen LogP contribution >= 0.6 is 11.8 Å². The first-order valence-electron chi connectivity index (χ1n) is 6.12. The smallest absolute Gasteiger partial charge is 0.327 e. The van der Waals surface area contributed by atoms with Gasteiger partial charge in [-0.25, -0.2) is 4.79 Å². The van der Waals surface area contributed by atoms with Crippen LogP contribution in [0.15, 0.2) is 0 Å². The van der Waals surface area contributed by atoms with Crippen molar-refractivity contribution in [1.82, 2.24) is 10.2 Å². The van der Waals surface area contributed by atoms with Gasteiger partial charge in [-0.3, -0.25) is 9.59 Å². The van der Waals surface area contributed by atoms with E-state index in [2.05, 4.69) is 5.32 Å². The lowest BCUT2D eigenvalue weighted by Gasteiger charge is -2.32. The number of rotatable bonds is 3. The van der Waals surface area contributed by atoms with Crippen molar-refractivity contribution in [2.24, 2.45) is 5.41 Å². The predicted molar refractivity (Wildman–Crippen MR) is 72.9 cm³/mol. The summed E-state index contributed by atoms with van der Waals surface area (Å²) in [4.78, 5) is 36.1. The lowest BCUT2D eigenvalue weighted by Crippen LogP contribution is -2.53. The van der Waals surface area contributed by atoms with E-state index in [9.17, 15) is 14.4 Å².